The molecule has 1 aliphatic rings. The van der Waals surface area contributed by atoms with Crippen LogP contribution in [0.25, 0.3) is 0 Å². The van der Waals surface area contributed by atoms with Crippen LogP contribution in [0, 0.1) is 5.92 Å². The number of ether oxygens (including phenoxy) is 2. The standard InChI is InChI=1S/C16H24BrNO2/c1-4-18-15(13-7-11(2)20-10-13)9-12-8-14(17)5-6-16(12)19-3/h5-6,8,11,13,15,18H,4,7,9-10H2,1-3H3. The molecule has 3 unspecified atom stereocenters. The van der Waals surface area contributed by atoms with Gasteiger partial charge >= 0.3 is 0 Å². The van der Waals surface area contributed by atoms with Gasteiger partial charge in [-0.2, -0.15) is 0 Å². The molecule has 0 bridgehead atoms. The van der Waals surface area contributed by atoms with E-state index in [1.807, 2.05) is 12.1 Å². The molecule has 1 aromatic carbocycles. The molecule has 3 nitrogen and oxygen atoms in total. The Morgan fingerprint density at radius 1 is 1.50 bits per heavy atom. The van der Waals surface area contributed by atoms with Crippen LogP contribution in [0.3, 0.4) is 0 Å². The van der Waals surface area contributed by atoms with Crippen LogP contribution in [0.2, 0.25) is 0 Å². The summed E-state index contributed by atoms with van der Waals surface area (Å²) >= 11 is 3.55. The van der Waals surface area contributed by atoms with Crippen LogP contribution in [-0.4, -0.2) is 32.4 Å². The first-order valence-electron chi connectivity index (χ1n) is 7.31. The molecule has 112 valence electrons. The molecule has 4 heteroatoms. The predicted octanol–water partition coefficient (Wildman–Crippen LogP) is 3.40. The molecular formula is C16H24BrNO2. The lowest BCUT2D eigenvalue weighted by molar-refractivity contribution is 0.117. The molecule has 0 saturated carbocycles. The molecule has 1 aliphatic heterocycles. The van der Waals surface area contributed by atoms with E-state index in [4.69, 9.17) is 9.47 Å². The number of hydrogen-bond donors (Lipinski definition) is 1. The van der Waals surface area contributed by atoms with E-state index >= 15 is 0 Å². The van der Waals surface area contributed by atoms with E-state index in [0.29, 0.717) is 18.1 Å². The lowest BCUT2D eigenvalue weighted by Crippen LogP contribution is -2.38. The van der Waals surface area contributed by atoms with Crippen LogP contribution in [0.4, 0.5) is 0 Å². The van der Waals surface area contributed by atoms with Gasteiger partial charge in [0.2, 0.25) is 0 Å². The van der Waals surface area contributed by atoms with Gasteiger partial charge in [-0.25, -0.2) is 0 Å². The molecular weight excluding hydrogens is 318 g/mol. The van der Waals surface area contributed by atoms with Crippen LogP contribution >= 0.6 is 15.9 Å². The Morgan fingerprint density at radius 3 is 2.90 bits per heavy atom. The van der Waals surface area contributed by atoms with Crippen LogP contribution in [0.15, 0.2) is 22.7 Å². The van der Waals surface area contributed by atoms with Gasteiger partial charge in [0, 0.05) is 16.4 Å². The van der Waals surface area contributed by atoms with Gasteiger partial charge in [0.05, 0.1) is 19.8 Å². The largest absolute Gasteiger partial charge is 0.496 e. The first kappa shape index (κ1) is 15.8. The topological polar surface area (TPSA) is 30.5 Å². The average molecular weight is 342 g/mol. The van der Waals surface area contributed by atoms with Gasteiger partial charge in [0.1, 0.15) is 5.75 Å². The number of rotatable bonds is 6. The Labute approximate surface area is 130 Å². The summed E-state index contributed by atoms with van der Waals surface area (Å²) in [6, 6.07) is 6.64. The minimum absolute atomic E-state index is 0.380. The minimum Gasteiger partial charge on any atom is -0.496 e. The fourth-order valence-electron chi connectivity index (χ4n) is 2.94. The lowest BCUT2D eigenvalue weighted by atomic mass is 9.91. The van der Waals surface area contributed by atoms with E-state index < -0.39 is 0 Å². The summed E-state index contributed by atoms with van der Waals surface area (Å²) < 4.78 is 12.3. The normalized spacial score (nSPS) is 23.8. The molecule has 0 aliphatic carbocycles. The number of hydrogen-bond acceptors (Lipinski definition) is 3. The minimum atomic E-state index is 0.380. The zero-order valence-electron chi connectivity index (χ0n) is 12.5. The fourth-order valence-corrected chi connectivity index (χ4v) is 3.35. The predicted molar refractivity (Wildman–Crippen MR) is 85.4 cm³/mol. The summed E-state index contributed by atoms with van der Waals surface area (Å²) in [5, 5.41) is 3.61. The molecule has 0 amide bonds. The first-order chi connectivity index (χ1) is 9.63. The summed E-state index contributed by atoms with van der Waals surface area (Å²) in [4.78, 5) is 0. The monoisotopic (exact) mass is 341 g/mol. The highest BCUT2D eigenvalue weighted by Crippen LogP contribution is 2.29. The van der Waals surface area contributed by atoms with E-state index in [-0.39, 0.29) is 0 Å². The molecule has 1 N–H and O–H groups in total. The van der Waals surface area contributed by atoms with Crippen molar-refractivity contribution in [1.82, 2.24) is 5.32 Å². The second kappa shape index (κ2) is 7.43. The molecule has 1 heterocycles. The van der Waals surface area contributed by atoms with E-state index in [9.17, 15) is 0 Å². The van der Waals surface area contributed by atoms with Crippen LogP contribution in [0.5, 0.6) is 5.75 Å². The van der Waals surface area contributed by atoms with Gasteiger partial charge in [0.25, 0.3) is 0 Å². The van der Waals surface area contributed by atoms with Crippen LogP contribution < -0.4 is 10.1 Å². The van der Waals surface area contributed by atoms with E-state index in [0.717, 1.165) is 36.2 Å². The Balaban J connectivity index is 2.13. The van der Waals surface area contributed by atoms with Crippen LogP contribution in [-0.2, 0) is 11.2 Å². The molecule has 3 atom stereocenters. The Morgan fingerprint density at radius 2 is 2.30 bits per heavy atom. The highest BCUT2D eigenvalue weighted by atomic mass is 79.9. The summed E-state index contributed by atoms with van der Waals surface area (Å²) in [5.41, 5.74) is 1.24. The zero-order chi connectivity index (χ0) is 14.5. The maximum absolute atomic E-state index is 5.73. The number of likely N-dealkylation sites (N-methyl/N-ethyl adjacent to an activating group) is 1. The van der Waals surface area contributed by atoms with Crippen molar-refractivity contribution >= 4 is 15.9 Å². The van der Waals surface area contributed by atoms with Gasteiger partial charge in [-0.1, -0.05) is 22.9 Å². The molecule has 2 rings (SSSR count). The third kappa shape index (κ3) is 3.96. The fraction of sp³-hybridized carbons (Fsp3) is 0.625. The zero-order valence-corrected chi connectivity index (χ0v) is 14.1. The van der Waals surface area contributed by atoms with Crippen molar-refractivity contribution in [3.63, 3.8) is 0 Å². The lowest BCUT2D eigenvalue weighted by Gasteiger charge is -2.24. The van der Waals surface area contributed by atoms with E-state index in [2.05, 4.69) is 41.2 Å². The van der Waals surface area contributed by atoms with Crippen molar-refractivity contribution in [2.75, 3.05) is 20.3 Å². The summed E-state index contributed by atoms with van der Waals surface area (Å²) in [7, 11) is 1.73. The maximum atomic E-state index is 5.73. The number of methoxy groups -OCH3 is 1. The Bertz CT molecular complexity index is 438. The number of halogens is 1. The van der Waals surface area contributed by atoms with Crippen molar-refractivity contribution in [2.24, 2.45) is 5.92 Å². The van der Waals surface area contributed by atoms with Crippen molar-refractivity contribution in [3.8, 4) is 5.75 Å². The SMILES string of the molecule is CCNC(Cc1cc(Br)ccc1OC)C1COC(C)C1. The third-order valence-corrected chi connectivity index (χ3v) is 4.44. The quantitative estimate of drug-likeness (QED) is 0.860. The molecule has 0 spiro atoms. The molecule has 20 heavy (non-hydrogen) atoms. The molecule has 1 fully saturated rings. The van der Waals surface area contributed by atoms with Gasteiger partial charge in [-0.15, -0.1) is 0 Å². The highest BCUT2D eigenvalue weighted by Gasteiger charge is 2.29. The van der Waals surface area contributed by atoms with E-state index in [1.165, 1.54) is 5.56 Å². The number of benzene rings is 1. The maximum Gasteiger partial charge on any atom is 0.122 e. The smallest absolute Gasteiger partial charge is 0.122 e. The van der Waals surface area contributed by atoms with Crippen molar-refractivity contribution in [2.45, 2.75) is 38.8 Å². The first-order valence-corrected chi connectivity index (χ1v) is 8.10. The summed E-state index contributed by atoms with van der Waals surface area (Å²) in [6.07, 6.45) is 2.48. The average Bonchev–Trinajstić information content (AvgIpc) is 2.85. The van der Waals surface area contributed by atoms with Gasteiger partial charge in [0.15, 0.2) is 0 Å². The molecule has 1 saturated heterocycles. The third-order valence-electron chi connectivity index (χ3n) is 3.95. The number of nitrogens with one attached hydrogen (secondary N) is 1. The van der Waals surface area contributed by atoms with Gasteiger partial charge in [-0.3, -0.25) is 0 Å². The second-order valence-corrected chi connectivity index (χ2v) is 6.38. The van der Waals surface area contributed by atoms with Crippen LogP contribution in [0.1, 0.15) is 25.8 Å². The van der Waals surface area contributed by atoms with E-state index in [1.54, 1.807) is 7.11 Å². The van der Waals surface area contributed by atoms with Crippen molar-refractivity contribution in [3.05, 3.63) is 28.2 Å². The van der Waals surface area contributed by atoms with Crippen molar-refractivity contribution < 1.29 is 9.47 Å². The Hall–Kier alpha value is -0.580. The van der Waals surface area contributed by atoms with Gasteiger partial charge in [-0.05, 0) is 50.1 Å². The molecule has 0 radical (unpaired) electrons. The molecule has 0 aromatic heterocycles. The summed E-state index contributed by atoms with van der Waals surface area (Å²) in [5.74, 6) is 1.54. The van der Waals surface area contributed by atoms with Gasteiger partial charge < -0.3 is 14.8 Å². The summed E-state index contributed by atoms with van der Waals surface area (Å²) in [6.45, 7) is 6.15. The highest BCUT2D eigenvalue weighted by molar-refractivity contribution is 9.10. The molecule has 1 aromatic rings. The second-order valence-electron chi connectivity index (χ2n) is 5.46. The van der Waals surface area contributed by atoms with Crippen molar-refractivity contribution in [1.29, 1.82) is 0 Å². The Kier molecular flexibility index (Phi) is 5.87.